The third-order valence-electron chi connectivity index (χ3n) is 8.42. The summed E-state index contributed by atoms with van der Waals surface area (Å²) in [6, 6.07) is 20.7. The highest BCUT2D eigenvalue weighted by Crippen LogP contribution is 2.38. The Kier molecular flexibility index (Phi) is 7.54. The van der Waals surface area contributed by atoms with Crippen molar-refractivity contribution < 1.29 is 14.4 Å². The zero-order valence-corrected chi connectivity index (χ0v) is 24.5. The molecule has 6 rings (SSSR count). The number of nitrogens with zero attached hydrogens (tertiary/aromatic N) is 4. The summed E-state index contributed by atoms with van der Waals surface area (Å²) in [6.45, 7) is 6.72. The molecule has 3 aromatic rings. The maximum Gasteiger partial charge on any atom is 0.349 e. The molecule has 0 unspecified atom stereocenters. The first-order chi connectivity index (χ1) is 20.3. The Labute approximate surface area is 247 Å². The van der Waals surface area contributed by atoms with Gasteiger partial charge in [-0.2, -0.15) is 5.10 Å². The maximum absolute atomic E-state index is 14.1. The summed E-state index contributed by atoms with van der Waals surface area (Å²) in [6.07, 6.45) is 5.81. The number of hydrogen-bond acceptors (Lipinski definition) is 5. The van der Waals surface area contributed by atoms with E-state index < -0.39 is 0 Å². The number of imide groups is 1. The van der Waals surface area contributed by atoms with Crippen molar-refractivity contribution >= 4 is 40.6 Å². The standard InChI is InChI=1S/C34H37N5O3/c1-22(2)39-34(42)38(30-21-23(3)13-18-29(30)31(36-39)24-9-5-4-6-10-24)26-16-14-25(15-17-26)35-19-20-37-32(40)27-11-7-8-12-28(27)33(37)41/h7-8,11-18,21-22,24,35H,4-6,9-10,19-20H2,1-3H3. The van der Waals surface area contributed by atoms with Gasteiger partial charge in [0.2, 0.25) is 0 Å². The van der Waals surface area contributed by atoms with Crippen LogP contribution in [0.25, 0.3) is 0 Å². The van der Waals surface area contributed by atoms with Gasteiger partial charge in [0.05, 0.1) is 34.3 Å². The summed E-state index contributed by atoms with van der Waals surface area (Å²) < 4.78 is 0. The zero-order chi connectivity index (χ0) is 29.4. The average Bonchev–Trinajstić information content (AvgIpc) is 3.15. The Morgan fingerprint density at radius 1 is 0.857 bits per heavy atom. The van der Waals surface area contributed by atoms with Gasteiger partial charge >= 0.3 is 6.03 Å². The molecule has 1 saturated carbocycles. The minimum atomic E-state index is -0.258. The highest BCUT2D eigenvalue weighted by Gasteiger charge is 2.36. The van der Waals surface area contributed by atoms with E-state index in [1.54, 1.807) is 34.2 Å². The Morgan fingerprint density at radius 2 is 1.52 bits per heavy atom. The van der Waals surface area contributed by atoms with Crippen LogP contribution in [0.2, 0.25) is 0 Å². The molecule has 42 heavy (non-hydrogen) atoms. The minimum absolute atomic E-state index is 0.0999. The number of nitrogens with one attached hydrogen (secondary N) is 1. The van der Waals surface area contributed by atoms with Crippen LogP contribution in [0.5, 0.6) is 0 Å². The van der Waals surface area contributed by atoms with E-state index >= 15 is 0 Å². The third kappa shape index (κ3) is 5.06. The molecule has 3 aliphatic rings. The van der Waals surface area contributed by atoms with Crippen molar-refractivity contribution in [1.29, 1.82) is 0 Å². The number of rotatable bonds is 7. The first-order valence-electron chi connectivity index (χ1n) is 15.0. The van der Waals surface area contributed by atoms with E-state index in [1.807, 2.05) is 45.0 Å². The normalized spacial score (nSPS) is 17.4. The van der Waals surface area contributed by atoms with E-state index in [4.69, 9.17) is 5.10 Å². The number of amides is 4. The molecule has 8 heteroatoms. The first-order valence-corrected chi connectivity index (χ1v) is 15.0. The second-order valence-electron chi connectivity index (χ2n) is 11.7. The Balaban J connectivity index is 1.24. The van der Waals surface area contributed by atoms with E-state index in [1.165, 1.54) is 24.2 Å². The van der Waals surface area contributed by atoms with E-state index in [2.05, 4.69) is 23.5 Å². The summed E-state index contributed by atoms with van der Waals surface area (Å²) in [7, 11) is 0. The lowest BCUT2D eigenvalue weighted by Crippen LogP contribution is -2.41. The van der Waals surface area contributed by atoms with Crippen LogP contribution in [0, 0.1) is 12.8 Å². The average molecular weight is 564 g/mol. The van der Waals surface area contributed by atoms with Gasteiger partial charge in [-0.3, -0.25) is 19.4 Å². The van der Waals surface area contributed by atoms with Crippen molar-refractivity contribution in [2.75, 3.05) is 23.3 Å². The number of carbonyl (C=O) groups is 3. The van der Waals surface area contributed by atoms with Crippen molar-refractivity contribution in [3.8, 4) is 0 Å². The molecule has 0 bridgehead atoms. The van der Waals surface area contributed by atoms with Crippen molar-refractivity contribution in [1.82, 2.24) is 9.91 Å². The fraction of sp³-hybridized carbons (Fsp3) is 0.353. The lowest BCUT2D eigenvalue weighted by Gasteiger charge is -2.29. The molecule has 3 aromatic carbocycles. The van der Waals surface area contributed by atoms with Crippen LogP contribution in [-0.4, -0.2) is 52.6 Å². The van der Waals surface area contributed by atoms with Crippen LogP contribution in [0.15, 0.2) is 71.8 Å². The summed E-state index contributed by atoms with van der Waals surface area (Å²) in [5, 5.41) is 9.98. The van der Waals surface area contributed by atoms with Crippen molar-refractivity contribution in [2.24, 2.45) is 11.0 Å². The number of urea groups is 1. The van der Waals surface area contributed by atoms with Crippen LogP contribution in [0.4, 0.5) is 21.9 Å². The fourth-order valence-electron chi connectivity index (χ4n) is 6.21. The molecule has 4 amide bonds. The van der Waals surface area contributed by atoms with Crippen LogP contribution < -0.4 is 10.2 Å². The van der Waals surface area contributed by atoms with Gasteiger partial charge in [-0.15, -0.1) is 0 Å². The van der Waals surface area contributed by atoms with E-state index in [0.717, 1.165) is 46.7 Å². The molecule has 0 saturated heterocycles. The van der Waals surface area contributed by atoms with Crippen LogP contribution in [0.3, 0.4) is 0 Å². The largest absolute Gasteiger partial charge is 0.383 e. The fourth-order valence-corrected chi connectivity index (χ4v) is 6.21. The van der Waals surface area contributed by atoms with Gasteiger partial charge in [-0.1, -0.05) is 43.5 Å². The molecule has 1 aliphatic carbocycles. The molecule has 0 spiro atoms. The number of hydrogen-bond donors (Lipinski definition) is 1. The Morgan fingerprint density at radius 3 is 2.17 bits per heavy atom. The number of aryl methyl sites for hydroxylation is 1. The summed E-state index contributed by atoms with van der Waals surface area (Å²) >= 11 is 0. The molecule has 1 fully saturated rings. The van der Waals surface area contributed by atoms with Crippen LogP contribution >= 0.6 is 0 Å². The second-order valence-corrected chi connectivity index (χ2v) is 11.7. The van der Waals surface area contributed by atoms with Gasteiger partial charge in [-0.05, 0) is 81.6 Å². The molecule has 216 valence electrons. The van der Waals surface area contributed by atoms with Crippen molar-refractivity contribution in [3.63, 3.8) is 0 Å². The Bertz CT molecular complexity index is 1520. The summed E-state index contributed by atoms with van der Waals surface area (Å²) in [4.78, 5) is 42.5. The van der Waals surface area contributed by atoms with Gasteiger partial charge in [0, 0.05) is 30.3 Å². The number of benzene rings is 3. The van der Waals surface area contributed by atoms with E-state index in [0.29, 0.717) is 23.6 Å². The quantitative estimate of drug-likeness (QED) is 0.315. The number of hydrazone groups is 1. The summed E-state index contributed by atoms with van der Waals surface area (Å²) in [5.41, 5.74) is 6.47. The van der Waals surface area contributed by atoms with Crippen molar-refractivity contribution in [2.45, 2.75) is 58.9 Å². The topological polar surface area (TPSA) is 85.3 Å². The number of anilines is 3. The van der Waals surface area contributed by atoms with Gasteiger partial charge in [0.15, 0.2) is 0 Å². The monoisotopic (exact) mass is 563 g/mol. The third-order valence-corrected chi connectivity index (χ3v) is 8.42. The molecule has 2 heterocycles. The van der Waals surface area contributed by atoms with Gasteiger partial charge in [-0.25, -0.2) is 9.80 Å². The van der Waals surface area contributed by atoms with E-state index in [9.17, 15) is 14.4 Å². The molecular weight excluding hydrogens is 526 g/mol. The second kappa shape index (κ2) is 11.4. The lowest BCUT2D eigenvalue weighted by atomic mass is 9.82. The Hall–Kier alpha value is -4.46. The van der Waals surface area contributed by atoms with Crippen LogP contribution in [0.1, 0.15) is 77.8 Å². The van der Waals surface area contributed by atoms with Crippen molar-refractivity contribution in [3.05, 3.63) is 89.0 Å². The highest BCUT2D eigenvalue weighted by atomic mass is 16.2. The molecule has 1 N–H and O–H groups in total. The SMILES string of the molecule is Cc1ccc2c(c1)N(c1ccc(NCCN3C(=O)c4ccccc4C3=O)cc1)C(=O)N(C(C)C)N=C2C1CCCCC1. The molecule has 8 nitrogen and oxygen atoms in total. The van der Waals surface area contributed by atoms with Crippen LogP contribution in [-0.2, 0) is 0 Å². The molecule has 2 aliphatic heterocycles. The highest BCUT2D eigenvalue weighted by molar-refractivity contribution is 6.21. The predicted molar refractivity (Wildman–Crippen MR) is 166 cm³/mol. The first kappa shape index (κ1) is 27.7. The molecule has 0 atom stereocenters. The number of fused-ring (bicyclic) bond motifs is 2. The predicted octanol–water partition coefficient (Wildman–Crippen LogP) is 6.97. The molecule has 0 radical (unpaired) electrons. The number of carbonyl (C=O) groups excluding carboxylic acids is 3. The molecular formula is C34H37N5O3. The van der Waals surface area contributed by atoms with E-state index in [-0.39, 0.29) is 30.4 Å². The smallest absolute Gasteiger partial charge is 0.349 e. The molecule has 0 aromatic heterocycles. The lowest BCUT2D eigenvalue weighted by molar-refractivity contribution is 0.0660. The van der Waals surface area contributed by atoms with Gasteiger partial charge < -0.3 is 5.32 Å². The maximum atomic E-state index is 14.1. The zero-order valence-electron chi connectivity index (χ0n) is 24.5. The summed E-state index contributed by atoms with van der Waals surface area (Å²) in [5.74, 6) is -0.181. The van der Waals surface area contributed by atoms with Gasteiger partial charge in [0.25, 0.3) is 11.8 Å². The minimum Gasteiger partial charge on any atom is -0.383 e. The van der Waals surface area contributed by atoms with Gasteiger partial charge in [0.1, 0.15) is 0 Å².